The summed E-state index contributed by atoms with van der Waals surface area (Å²) >= 11 is 0. The van der Waals surface area contributed by atoms with Gasteiger partial charge in [0.15, 0.2) is 0 Å². The highest BCUT2D eigenvalue weighted by Gasteiger charge is 2.20. The van der Waals surface area contributed by atoms with Gasteiger partial charge in [-0.3, -0.25) is 9.69 Å². The number of carbonyl (C=O) groups is 1. The topological polar surface area (TPSA) is 57.7 Å². The van der Waals surface area contributed by atoms with Crippen LogP contribution in [0.1, 0.15) is 23.1 Å². The average Bonchev–Trinajstić information content (AvgIpc) is 2.66. The van der Waals surface area contributed by atoms with E-state index in [9.17, 15) is 4.79 Å². The van der Waals surface area contributed by atoms with Gasteiger partial charge in [-0.25, -0.2) is 4.98 Å². The molecule has 1 aromatic carbocycles. The highest BCUT2D eigenvalue weighted by Crippen LogP contribution is 2.26. The summed E-state index contributed by atoms with van der Waals surface area (Å²) in [7, 11) is 1.68. The van der Waals surface area contributed by atoms with Crippen LogP contribution >= 0.6 is 0 Å². The molecule has 0 spiro atoms. The lowest BCUT2D eigenvalue weighted by molar-refractivity contribution is -0.122. The molecule has 152 valence electrons. The number of hydrogen-bond donors (Lipinski definition) is 1. The molecule has 1 fully saturated rings. The Balaban J connectivity index is 1.58. The molecule has 1 saturated heterocycles. The smallest absolute Gasteiger partial charge is 0.234 e. The van der Waals surface area contributed by atoms with Crippen LogP contribution in [0.15, 0.2) is 18.2 Å². The molecular formula is C22H32N4O2. The van der Waals surface area contributed by atoms with Gasteiger partial charge in [0.2, 0.25) is 5.91 Å². The monoisotopic (exact) mass is 384 g/mol. The molecule has 0 bridgehead atoms. The maximum atomic E-state index is 12.1. The number of benzene rings is 1. The van der Waals surface area contributed by atoms with Crippen molar-refractivity contribution in [2.75, 3.05) is 57.9 Å². The Morgan fingerprint density at radius 2 is 1.86 bits per heavy atom. The summed E-state index contributed by atoms with van der Waals surface area (Å²) in [5.74, 6) is 1.14. The average molecular weight is 385 g/mol. The zero-order chi connectivity index (χ0) is 20.1. The van der Waals surface area contributed by atoms with Gasteiger partial charge in [-0.2, -0.15) is 0 Å². The Bertz CT molecular complexity index is 829. The van der Waals surface area contributed by atoms with Crippen molar-refractivity contribution < 1.29 is 9.53 Å². The van der Waals surface area contributed by atoms with E-state index in [4.69, 9.17) is 9.72 Å². The number of aryl methyl sites for hydroxylation is 3. The summed E-state index contributed by atoms with van der Waals surface area (Å²) in [6.45, 7) is 11.8. The van der Waals surface area contributed by atoms with E-state index >= 15 is 0 Å². The highest BCUT2D eigenvalue weighted by atomic mass is 16.5. The summed E-state index contributed by atoms with van der Waals surface area (Å²) in [6, 6.07) is 6.61. The minimum absolute atomic E-state index is 0.0928. The Morgan fingerprint density at radius 1 is 1.11 bits per heavy atom. The summed E-state index contributed by atoms with van der Waals surface area (Å²) in [5.41, 5.74) is 4.86. The fraction of sp³-hybridized carbons (Fsp3) is 0.545. The van der Waals surface area contributed by atoms with E-state index in [1.54, 1.807) is 7.11 Å². The number of aromatic nitrogens is 1. The highest BCUT2D eigenvalue weighted by molar-refractivity contribution is 5.87. The number of anilines is 1. The van der Waals surface area contributed by atoms with Crippen LogP contribution in [-0.4, -0.2) is 68.8 Å². The summed E-state index contributed by atoms with van der Waals surface area (Å²) in [4.78, 5) is 21.6. The van der Waals surface area contributed by atoms with Crippen LogP contribution < -0.4 is 10.2 Å². The zero-order valence-electron chi connectivity index (χ0n) is 17.5. The van der Waals surface area contributed by atoms with E-state index in [-0.39, 0.29) is 5.91 Å². The number of carbonyl (C=O) groups excluding carboxylic acids is 1. The molecule has 1 amide bonds. The maximum absolute atomic E-state index is 12.1. The standard InChI is InChI=1S/C22H32N4O2/c1-16-12-18(3)22-19(13-16)17(2)14-20(24-22)26-9-7-25(8-10-26)15-21(27)23-6-5-11-28-4/h12-14H,5-11,15H2,1-4H3,(H,23,27). The first-order valence-corrected chi connectivity index (χ1v) is 10.1. The number of rotatable bonds is 7. The molecule has 0 unspecified atom stereocenters. The minimum Gasteiger partial charge on any atom is -0.385 e. The van der Waals surface area contributed by atoms with Gasteiger partial charge in [0.1, 0.15) is 5.82 Å². The molecule has 3 rings (SSSR count). The number of hydrogen-bond acceptors (Lipinski definition) is 5. The summed E-state index contributed by atoms with van der Waals surface area (Å²) < 4.78 is 5.00. The predicted octanol–water partition coefficient (Wildman–Crippen LogP) is 2.43. The lowest BCUT2D eigenvalue weighted by atomic mass is 10.0. The molecule has 0 radical (unpaired) electrons. The molecule has 0 aliphatic carbocycles. The fourth-order valence-electron chi connectivity index (χ4n) is 3.83. The second-order valence-corrected chi connectivity index (χ2v) is 7.73. The molecule has 1 aliphatic rings. The lowest BCUT2D eigenvalue weighted by Crippen LogP contribution is -2.49. The minimum atomic E-state index is 0.0928. The molecule has 6 heteroatoms. The Kier molecular flexibility index (Phi) is 6.86. The van der Waals surface area contributed by atoms with Crippen LogP contribution in [0.2, 0.25) is 0 Å². The van der Waals surface area contributed by atoms with Crippen molar-refractivity contribution >= 4 is 22.6 Å². The maximum Gasteiger partial charge on any atom is 0.234 e. The number of piperazine rings is 1. The van der Waals surface area contributed by atoms with E-state index in [0.29, 0.717) is 19.7 Å². The molecular weight excluding hydrogens is 352 g/mol. The number of methoxy groups -OCH3 is 1. The Hall–Kier alpha value is -2.18. The SMILES string of the molecule is COCCCNC(=O)CN1CCN(c2cc(C)c3cc(C)cc(C)c3n2)CC1. The first kappa shape index (κ1) is 20.6. The summed E-state index contributed by atoms with van der Waals surface area (Å²) in [5, 5.41) is 4.20. The summed E-state index contributed by atoms with van der Waals surface area (Å²) in [6.07, 6.45) is 0.849. The van der Waals surface area contributed by atoms with Crippen molar-refractivity contribution in [3.63, 3.8) is 0 Å². The molecule has 2 heterocycles. The number of pyridine rings is 1. The third-order valence-corrected chi connectivity index (χ3v) is 5.35. The largest absolute Gasteiger partial charge is 0.385 e. The lowest BCUT2D eigenvalue weighted by Gasteiger charge is -2.35. The van der Waals surface area contributed by atoms with Gasteiger partial charge < -0.3 is 15.0 Å². The van der Waals surface area contributed by atoms with Gasteiger partial charge in [-0.1, -0.05) is 11.6 Å². The molecule has 6 nitrogen and oxygen atoms in total. The predicted molar refractivity (Wildman–Crippen MR) is 114 cm³/mol. The van der Waals surface area contributed by atoms with Crippen LogP contribution in [0, 0.1) is 20.8 Å². The van der Waals surface area contributed by atoms with E-state index < -0.39 is 0 Å². The van der Waals surface area contributed by atoms with Crippen LogP contribution in [0.3, 0.4) is 0 Å². The third kappa shape index (κ3) is 5.00. The van der Waals surface area contributed by atoms with E-state index in [0.717, 1.165) is 43.9 Å². The van der Waals surface area contributed by atoms with E-state index in [1.165, 1.54) is 22.1 Å². The number of nitrogens with zero attached hydrogens (tertiary/aromatic N) is 3. The van der Waals surface area contributed by atoms with Crippen molar-refractivity contribution in [3.05, 3.63) is 34.9 Å². The van der Waals surface area contributed by atoms with Crippen molar-refractivity contribution in [2.24, 2.45) is 0 Å². The normalized spacial score (nSPS) is 15.2. The van der Waals surface area contributed by atoms with Gasteiger partial charge in [-0.05, 0) is 50.5 Å². The van der Waals surface area contributed by atoms with Gasteiger partial charge in [0.05, 0.1) is 12.1 Å². The Morgan fingerprint density at radius 3 is 2.57 bits per heavy atom. The first-order chi connectivity index (χ1) is 13.5. The van der Waals surface area contributed by atoms with Crippen LogP contribution in [0.25, 0.3) is 10.9 Å². The van der Waals surface area contributed by atoms with Crippen molar-refractivity contribution in [2.45, 2.75) is 27.2 Å². The first-order valence-electron chi connectivity index (χ1n) is 10.1. The molecule has 1 aliphatic heterocycles. The van der Waals surface area contributed by atoms with E-state index in [1.807, 2.05) is 0 Å². The van der Waals surface area contributed by atoms with Crippen molar-refractivity contribution in [3.8, 4) is 0 Å². The fourth-order valence-corrected chi connectivity index (χ4v) is 3.83. The quantitative estimate of drug-likeness (QED) is 0.743. The molecule has 1 aromatic heterocycles. The molecule has 0 atom stereocenters. The van der Waals surface area contributed by atoms with Crippen LogP contribution in [0.5, 0.6) is 0 Å². The zero-order valence-corrected chi connectivity index (χ0v) is 17.5. The van der Waals surface area contributed by atoms with Gasteiger partial charge in [-0.15, -0.1) is 0 Å². The van der Waals surface area contributed by atoms with Crippen molar-refractivity contribution in [1.29, 1.82) is 0 Å². The van der Waals surface area contributed by atoms with Crippen LogP contribution in [-0.2, 0) is 9.53 Å². The number of amides is 1. The Labute approximate surface area is 167 Å². The van der Waals surface area contributed by atoms with Gasteiger partial charge in [0.25, 0.3) is 0 Å². The molecule has 2 aromatic rings. The molecule has 28 heavy (non-hydrogen) atoms. The van der Waals surface area contributed by atoms with Gasteiger partial charge >= 0.3 is 0 Å². The number of fused-ring (bicyclic) bond motifs is 1. The molecule has 0 saturated carbocycles. The second kappa shape index (κ2) is 9.34. The van der Waals surface area contributed by atoms with Gasteiger partial charge in [0, 0.05) is 51.8 Å². The third-order valence-electron chi connectivity index (χ3n) is 5.35. The second-order valence-electron chi connectivity index (χ2n) is 7.73. The number of ether oxygens (including phenoxy) is 1. The van der Waals surface area contributed by atoms with Crippen molar-refractivity contribution in [1.82, 2.24) is 15.2 Å². The van der Waals surface area contributed by atoms with E-state index in [2.05, 4.69) is 54.1 Å². The molecule has 1 N–H and O–H groups in total. The van der Waals surface area contributed by atoms with Crippen LogP contribution in [0.4, 0.5) is 5.82 Å². The number of nitrogens with one attached hydrogen (secondary N) is 1.